The second kappa shape index (κ2) is 4.33. The highest BCUT2D eigenvalue weighted by Crippen LogP contribution is 2.34. The number of carbonyl (C=O) groups is 2. The van der Waals surface area contributed by atoms with Gasteiger partial charge in [0.1, 0.15) is 5.75 Å². The van der Waals surface area contributed by atoms with Gasteiger partial charge in [-0.15, -0.1) is 0 Å². The molecule has 0 bridgehead atoms. The Morgan fingerprint density at radius 1 is 0.842 bits per heavy atom. The molecular weight excluding hydrogens is 244 g/mol. The van der Waals surface area contributed by atoms with Crippen LogP contribution in [0.2, 0.25) is 0 Å². The zero-order valence-electron chi connectivity index (χ0n) is 10.2. The molecule has 2 aromatic carbocycles. The van der Waals surface area contributed by atoms with Crippen LogP contribution in [0.4, 0.5) is 0 Å². The molecule has 1 aliphatic carbocycles. The molecule has 0 aliphatic heterocycles. The molecule has 0 amide bonds. The second-order valence-corrected chi connectivity index (χ2v) is 4.36. The lowest BCUT2D eigenvalue weighted by Crippen LogP contribution is -2.21. The second-order valence-electron chi connectivity index (χ2n) is 4.36. The van der Waals surface area contributed by atoms with Gasteiger partial charge in [-0.1, -0.05) is 30.3 Å². The van der Waals surface area contributed by atoms with Crippen LogP contribution in [-0.2, 0) is 0 Å². The van der Waals surface area contributed by atoms with Crippen molar-refractivity contribution >= 4 is 11.6 Å². The summed E-state index contributed by atoms with van der Waals surface area (Å²) in [6, 6.07) is 9.93. The SMILES string of the molecule is Cc1ccc2c(c1O)C(=O)c1ccccc1C2=O.O. The molecule has 0 unspecified atom stereocenters. The summed E-state index contributed by atoms with van der Waals surface area (Å²) in [6.45, 7) is 1.70. The molecule has 2 aromatic rings. The standard InChI is InChI=1S/C15H10O3.H2O/c1-8-6-7-11-12(13(8)16)15(18)10-5-3-2-4-9(10)14(11)17;/h2-7,16H,1H3;1H2. The van der Waals surface area contributed by atoms with Crippen LogP contribution in [0.15, 0.2) is 36.4 Å². The van der Waals surface area contributed by atoms with Crippen molar-refractivity contribution in [2.24, 2.45) is 0 Å². The Labute approximate surface area is 109 Å². The van der Waals surface area contributed by atoms with Crippen LogP contribution in [0.3, 0.4) is 0 Å². The van der Waals surface area contributed by atoms with Crippen molar-refractivity contribution < 1.29 is 20.2 Å². The minimum absolute atomic E-state index is 0. The van der Waals surface area contributed by atoms with E-state index in [1.165, 1.54) is 0 Å². The lowest BCUT2D eigenvalue weighted by Gasteiger charge is -2.18. The average Bonchev–Trinajstić information content (AvgIpc) is 2.39. The van der Waals surface area contributed by atoms with E-state index < -0.39 is 0 Å². The summed E-state index contributed by atoms with van der Waals surface area (Å²) >= 11 is 0. The van der Waals surface area contributed by atoms with Crippen molar-refractivity contribution in [2.45, 2.75) is 6.92 Å². The largest absolute Gasteiger partial charge is 0.507 e. The van der Waals surface area contributed by atoms with Gasteiger partial charge in [0.2, 0.25) is 0 Å². The quantitative estimate of drug-likeness (QED) is 0.663. The number of aromatic hydroxyl groups is 1. The van der Waals surface area contributed by atoms with E-state index in [1.54, 1.807) is 43.3 Å². The molecule has 0 atom stereocenters. The molecule has 3 rings (SSSR count). The van der Waals surface area contributed by atoms with Crippen LogP contribution in [0.1, 0.15) is 37.4 Å². The van der Waals surface area contributed by atoms with Gasteiger partial charge in [0.15, 0.2) is 11.6 Å². The number of ketones is 2. The minimum Gasteiger partial charge on any atom is -0.507 e. The average molecular weight is 256 g/mol. The lowest BCUT2D eigenvalue weighted by molar-refractivity contribution is 0.0976. The summed E-state index contributed by atoms with van der Waals surface area (Å²) in [7, 11) is 0. The Bertz CT molecular complexity index is 701. The van der Waals surface area contributed by atoms with E-state index in [0.29, 0.717) is 16.7 Å². The highest BCUT2D eigenvalue weighted by atomic mass is 16.3. The first kappa shape index (κ1) is 13.0. The maximum absolute atomic E-state index is 12.3. The number of aryl methyl sites for hydroxylation is 1. The van der Waals surface area contributed by atoms with E-state index in [4.69, 9.17) is 0 Å². The molecule has 0 saturated heterocycles. The molecular formula is C15H12O4. The smallest absolute Gasteiger partial charge is 0.198 e. The monoisotopic (exact) mass is 256 g/mol. The molecule has 0 saturated carbocycles. The van der Waals surface area contributed by atoms with Crippen molar-refractivity contribution in [3.8, 4) is 5.75 Å². The van der Waals surface area contributed by atoms with Gasteiger partial charge in [0, 0.05) is 16.7 Å². The summed E-state index contributed by atoms with van der Waals surface area (Å²) in [5, 5.41) is 9.98. The lowest BCUT2D eigenvalue weighted by atomic mass is 9.83. The molecule has 4 heteroatoms. The fraction of sp³-hybridized carbons (Fsp3) is 0.0667. The van der Waals surface area contributed by atoms with Crippen molar-refractivity contribution in [2.75, 3.05) is 0 Å². The Morgan fingerprint density at radius 2 is 1.42 bits per heavy atom. The first-order chi connectivity index (χ1) is 8.61. The third-order valence-electron chi connectivity index (χ3n) is 3.27. The number of phenols is 1. The summed E-state index contributed by atoms with van der Waals surface area (Å²) in [5.74, 6) is -0.600. The zero-order valence-corrected chi connectivity index (χ0v) is 10.2. The van der Waals surface area contributed by atoms with E-state index in [9.17, 15) is 14.7 Å². The third-order valence-corrected chi connectivity index (χ3v) is 3.27. The Hall–Kier alpha value is -2.46. The number of hydrogen-bond donors (Lipinski definition) is 1. The van der Waals surface area contributed by atoms with E-state index in [1.807, 2.05) is 0 Å². The fourth-order valence-electron chi connectivity index (χ4n) is 2.27. The highest BCUT2D eigenvalue weighted by Gasteiger charge is 2.31. The van der Waals surface area contributed by atoms with Gasteiger partial charge in [-0.25, -0.2) is 0 Å². The summed E-state index contributed by atoms with van der Waals surface area (Å²) in [6.07, 6.45) is 0. The van der Waals surface area contributed by atoms with Crippen molar-refractivity contribution in [3.63, 3.8) is 0 Å². The first-order valence-electron chi connectivity index (χ1n) is 5.62. The van der Waals surface area contributed by atoms with E-state index in [2.05, 4.69) is 0 Å². The van der Waals surface area contributed by atoms with Gasteiger partial charge in [0.25, 0.3) is 0 Å². The van der Waals surface area contributed by atoms with Gasteiger partial charge < -0.3 is 10.6 Å². The van der Waals surface area contributed by atoms with E-state index in [0.717, 1.165) is 0 Å². The topological polar surface area (TPSA) is 85.9 Å². The van der Waals surface area contributed by atoms with Crippen LogP contribution >= 0.6 is 0 Å². The molecule has 19 heavy (non-hydrogen) atoms. The number of fused-ring (bicyclic) bond motifs is 2. The number of phenolic OH excluding ortho intramolecular Hbond substituents is 1. The Kier molecular flexibility index (Phi) is 2.96. The molecule has 0 spiro atoms. The number of carbonyl (C=O) groups excluding carboxylic acids is 2. The number of rotatable bonds is 0. The van der Waals surface area contributed by atoms with Gasteiger partial charge in [-0.3, -0.25) is 9.59 Å². The summed E-state index contributed by atoms with van der Waals surface area (Å²) < 4.78 is 0. The van der Waals surface area contributed by atoms with Gasteiger partial charge in [0.05, 0.1) is 5.56 Å². The maximum atomic E-state index is 12.3. The predicted octanol–water partition coefficient (Wildman–Crippen LogP) is 1.65. The molecule has 1 aliphatic rings. The number of hydrogen-bond acceptors (Lipinski definition) is 3. The Morgan fingerprint density at radius 3 is 2.05 bits per heavy atom. The highest BCUT2D eigenvalue weighted by molar-refractivity contribution is 6.29. The molecule has 0 fully saturated rings. The van der Waals surface area contributed by atoms with Crippen molar-refractivity contribution in [1.82, 2.24) is 0 Å². The van der Waals surface area contributed by atoms with Crippen molar-refractivity contribution in [3.05, 3.63) is 64.2 Å². The van der Waals surface area contributed by atoms with Gasteiger partial charge >= 0.3 is 0 Å². The third kappa shape index (κ3) is 1.65. The van der Waals surface area contributed by atoms with Gasteiger partial charge in [-0.05, 0) is 18.6 Å². The normalized spacial score (nSPS) is 12.5. The van der Waals surface area contributed by atoms with E-state index >= 15 is 0 Å². The fourth-order valence-corrected chi connectivity index (χ4v) is 2.27. The van der Waals surface area contributed by atoms with Crippen LogP contribution in [-0.4, -0.2) is 22.1 Å². The molecule has 0 heterocycles. The van der Waals surface area contributed by atoms with Crippen LogP contribution in [0.5, 0.6) is 5.75 Å². The van der Waals surface area contributed by atoms with Crippen molar-refractivity contribution in [1.29, 1.82) is 0 Å². The summed E-state index contributed by atoms with van der Waals surface area (Å²) in [5.41, 5.74) is 1.75. The Balaban J connectivity index is 0.00000133. The molecule has 0 radical (unpaired) electrons. The molecule has 4 nitrogen and oxygen atoms in total. The zero-order chi connectivity index (χ0) is 12.9. The molecule has 0 aromatic heterocycles. The van der Waals surface area contributed by atoms with Crippen LogP contribution in [0.25, 0.3) is 0 Å². The van der Waals surface area contributed by atoms with Gasteiger partial charge in [-0.2, -0.15) is 0 Å². The van der Waals surface area contributed by atoms with Crippen LogP contribution < -0.4 is 0 Å². The van der Waals surface area contributed by atoms with E-state index in [-0.39, 0.29) is 33.9 Å². The maximum Gasteiger partial charge on any atom is 0.198 e. The van der Waals surface area contributed by atoms with Crippen LogP contribution in [0, 0.1) is 6.92 Å². The molecule has 96 valence electrons. The summed E-state index contributed by atoms with van der Waals surface area (Å²) in [4.78, 5) is 24.6. The first-order valence-corrected chi connectivity index (χ1v) is 5.62. The number of benzene rings is 2. The predicted molar refractivity (Wildman–Crippen MR) is 69.8 cm³/mol. The molecule has 3 N–H and O–H groups in total. The minimum atomic E-state index is -0.290.